The van der Waals surface area contributed by atoms with Crippen LogP contribution in [0.1, 0.15) is 5.56 Å². The number of alkyl halides is 1. The van der Waals surface area contributed by atoms with E-state index in [-0.39, 0.29) is 5.91 Å². The third-order valence-corrected chi connectivity index (χ3v) is 2.41. The fourth-order valence-corrected chi connectivity index (χ4v) is 1.32. The number of para-hydroxylation sites is 1. The lowest BCUT2D eigenvalue weighted by atomic mass is 10.2. The molecule has 0 aliphatic rings. The summed E-state index contributed by atoms with van der Waals surface area (Å²) in [5.41, 5.74) is 1.10. The Morgan fingerprint density at radius 2 is 2.20 bits per heavy atom. The molecule has 0 aromatic heterocycles. The third kappa shape index (κ3) is 4.34. The van der Waals surface area contributed by atoms with Crippen molar-refractivity contribution in [2.24, 2.45) is 0 Å². The van der Waals surface area contributed by atoms with Crippen molar-refractivity contribution in [1.29, 1.82) is 0 Å². The molecule has 1 rings (SSSR count). The van der Waals surface area contributed by atoms with Gasteiger partial charge in [0.15, 0.2) is 0 Å². The highest BCUT2D eigenvalue weighted by Gasteiger charge is 1.98. The second-order valence-corrected chi connectivity index (χ2v) is 3.66. The second-order valence-electron chi connectivity index (χ2n) is 3.10. The molecule has 0 unspecified atom stereocenters. The van der Waals surface area contributed by atoms with Gasteiger partial charge in [0.1, 0.15) is 12.4 Å². The number of nitrogens with one attached hydrogen (secondary N) is 1. The Balaban J connectivity index is 2.26. The van der Waals surface area contributed by atoms with E-state index >= 15 is 0 Å². The molecule has 1 aromatic rings. The lowest BCUT2D eigenvalue weighted by Crippen LogP contribution is -2.28. The fraction of sp³-hybridized carbons (Fsp3) is 0.364. The van der Waals surface area contributed by atoms with Gasteiger partial charge in [-0.15, -0.1) is 0 Å². The maximum atomic E-state index is 10.9. The normalized spacial score (nSPS) is 9.73. The zero-order chi connectivity index (χ0) is 11.1. The highest BCUT2D eigenvalue weighted by Crippen LogP contribution is 2.15. The molecular weight excluding hydrogens is 258 g/mol. The van der Waals surface area contributed by atoms with Crippen molar-refractivity contribution >= 4 is 21.8 Å². The van der Waals surface area contributed by atoms with Crippen molar-refractivity contribution in [3.63, 3.8) is 0 Å². The summed E-state index contributed by atoms with van der Waals surface area (Å²) in [6.07, 6.45) is 0. The zero-order valence-corrected chi connectivity index (χ0v) is 10.2. The molecule has 4 heteroatoms. The molecule has 0 bridgehead atoms. The molecule has 1 N–H and O–H groups in total. The van der Waals surface area contributed by atoms with Gasteiger partial charge >= 0.3 is 0 Å². The van der Waals surface area contributed by atoms with Crippen LogP contribution >= 0.6 is 15.9 Å². The molecule has 0 atom stereocenters. The summed E-state index contributed by atoms with van der Waals surface area (Å²) >= 11 is 3.07. The van der Waals surface area contributed by atoms with Crippen molar-refractivity contribution in [3.8, 4) is 5.75 Å². The highest BCUT2D eigenvalue weighted by molar-refractivity contribution is 9.09. The highest BCUT2D eigenvalue weighted by atomic mass is 79.9. The van der Waals surface area contributed by atoms with E-state index in [1.807, 2.05) is 31.2 Å². The Morgan fingerprint density at radius 1 is 1.47 bits per heavy atom. The second kappa shape index (κ2) is 6.45. The average Bonchev–Trinajstić information content (AvgIpc) is 2.26. The van der Waals surface area contributed by atoms with Gasteiger partial charge in [0.2, 0.25) is 5.91 Å². The van der Waals surface area contributed by atoms with Crippen LogP contribution in [-0.2, 0) is 4.79 Å². The van der Waals surface area contributed by atoms with Crippen LogP contribution in [0.3, 0.4) is 0 Å². The molecule has 1 aromatic carbocycles. The van der Waals surface area contributed by atoms with Gasteiger partial charge in [-0.2, -0.15) is 0 Å². The fourth-order valence-electron chi connectivity index (χ4n) is 1.12. The number of carbonyl (C=O) groups excluding carboxylic acids is 1. The first kappa shape index (κ1) is 12.0. The summed E-state index contributed by atoms with van der Waals surface area (Å²) in [5.74, 6) is 0.842. The number of aryl methyl sites for hydroxylation is 1. The predicted molar refractivity (Wildman–Crippen MR) is 63.5 cm³/mol. The first-order valence-electron chi connectivity index (χ1n) is 4.75. The van der Waals surface area contributed by atoms with Gasteiger partial charge in [-0.25, -0.2) is 0 Å². The van der Waals surface area contributed by atoms with Gasteiger partial charge in [-0.3, -0.25) is 4.79 Å². The van der Waals surface area contributed by atoms with E-state index in [2.05, 4.69) is 21.2 Å². The smallest absolute Gasteiger partial charge is 0.230 e. The summed E-state index contributed by atoms with van der Waals surface area (Å²) in [5, 5.41) is 3.04. The molecule has 0 saturated heterocycles. The third-order valence-electron chi connectivity index (χ3n) is 1.90. The van der Waals surface area contributed by atoms with Crippen LogP contribution < -0.4 is 10.1 Å². The van der Waals surface area contributed by atoms with E-state index in [1.165, 1.54) is 0 Å². The van der Waals surface area contributed by atoms with Crippen molar-refractivity contribution in [2.75, 3.05) is 18.5 Å². The summed E-state index contributed by atoms with van der Waals surface area (Å²) in [7, 11) is 0. The quantitative estimate of drug-likeness (QED) is 0.656. The Hall–Kier alpha value is -1.03. The van der Waals surface area contributed by atoms with E-state index < -0.39 is 0 Å². The van der Waals surface area contributed by atoms with Gasteiger partial charge in [-0.1, -0.05) is 34.1 Å². The van der Waals surface area contributed by atoms with Gasteiger partial charge in [0, 0.05) is 0 Å². The molecule has 1 amide bonds. The number of benzene rings is 1. The largest absolute Gasteiger partial charge is 0.491 e. The Kier molecular flexibility index (Phi) is 5.18. The molecule has 3 nitrogen and oxygen atoms in total. The number of carbonyl (C=O) groups is 1. The summed E-state index contributed by atoms with van der Waals surface area (Å²) in [6.45, 7) is 3.01. The number of hydrogen-bond donors (Lipinski definition) is 1. The number of ether oxygens (including phenoxy) is 1. The molecule has 0 heterocycles. The Labute approximate surface area is 97.9 Å². The Bertz CT molecular complexity index is 328. The molecule has 0 saturated carbocycles. The van der Waals surface area contributed by atoms with Crippen LogP contribution in [0.15, 0.2) is 24.3 Å². The van der Waals surface area contributed by atoms with Gasteiger partial charge in [0.05, 0.1) is 11.9 Å². The number of halogens is 1. The molecule has 0 fully saturated rings. The van der Waals surface area contributed by atoms with Crippen LogP contribution in [-0.4, -0.2) is 24.4 Å². The average molecular weight is 272 g/mol. The summed E-state index contributed by atoms with van der Waals surface area (Å²) < 4.78 is 5.50. The van der Waals surface area contributed by atoms with Crippen molar-refractivity contribution in [2.45, 2.75) is 6.92 Å². The van der Waals surface area contributed by atoms with Crippen LogP contribution in [0.2, 0.25) is 0 Å². The van der Waals surface area contributed by atoms with E-state index in [1.54, 1.807) is 0 Å². The number of rotatable bonds is 5. The topological polar surface area (TPSA) is 38.3 Å². The van der Waals surface area contributed by atoms with Gasteiger partial charge in [0.25, 0.3) is 0 Å². The summed E-state index contributed by atoms with van der Waals surface area (Å²) in [4.78, 5) is 10.9. The lowest BCUT2D eigenvalue weighted by Gasteiger charge is -2.08. The Morgan fingerprint density at radius 3 is 2.87 bits per heavy atom. The maximum Gasteiger partial charge on any atom is 0.230 e. The van der Waals surface area contributed by atoms with Crippen LogP contribution in [0.4, 0.5) is 0 Å². The number of hydrogen-bond acceptors (Lipinski definition) is 2. The first-order chi connectivity index (χ1) is 7.24. The summed E-state index contributed by atoms with van der Waals surface area (Å²) in [6, 6.07) is 7.81. The monoisotopic (exact) mass is 271 g/mol. The molecule has 0 aliphatic heterocycles. The van der Waals surface area contributed by atoms with E-state index in [9.17, 15) is 4.79 Å². The first-order valence-corrected chi connectivity index (χ1v) is 5.87. The standard InChI is InChI=1S/C11H14BrNO2/c1-9-4-2-3-5-10(9)15-7-6-13-11(14)8-12/h2-5H,6-8H2,1H3,(H,13,14). The maximum absolute atomic E-state index is 10.9. The van der Waals surface area contributed by atoms with E-state index in [0.717, 1.165) is 11.3 Å². The van der Waals surface area contributed by atoms with Crippen LogP contribution in [0.25, 0.3) is 0 Å². The van der Waals surface area contributed by atoms with Crippen molar-refractivity contribution in [3.05, 3.63) is 29.8 Å². The van der Waals surface area contributed by atoms with Crippen molar-refractivity contribution in [1.82, 2.24) is 5.32 Å². The zero-order valence-electron chi connectivity index (χ0n) is 8.63. The van der Waals surface area contributed by atoms with E-state index in [4.69, 9.17) is 4.74 Å². The van der Waals surface area contributed by atoms with Crippen molar-refractivity contribution < 1.29 is 9.53 Å². The lowest BCUT2D eigenvalue weighted by molar-refractivity contribution is -0.118. The molecule has 0 spiro atoms. The van der Waals surface area contributed by atoms with Gasteiger partial charge < -0.3 is 10.1 Å². The molecule has 0 radical (unpaired) electrons. The predicted octanol–water partition coefficient (Wildman–Crippen LogP) is 1.88. The SMILES string of the molecule is Cc1ccccc1OCCNC(=O)CBr. The van der Waals surface area contributed by atoms with Crippen LogP contribution in [0.5, 0.6) is 5.75 Å². The minimum atomic E-state index is -0.0246. The van der Waals surface area contributed by atoms with E-state index in [0.29, 0.717) is 18.5 Å². The van der Waals surface area contributed by atoms with Gasteiger partial charge in [-0.05, 0) is 18.6 Å². The molecule has 82 valence electrons. The molecule has 15 heavy (non-hydrogen) atoms. The minimum absolute atomic E-state index is 0.0246. The minimum Gasteiger partial charge on any atom is -0.491 e. The van der Waals surface area contributed by atoms with Crippen LogP contribution in [0, 0.1) is 6.92 Å². The number of amides is 1. The molecule has 0 aliphatic carbocycles. The molecular formula is C11H14BrNO2.